The molecule has 0 saturated heterocycles. The predicted molar refractivity (Wildman–Crippen MR) is 79.1 cm³/mol. The Balaban J connectivity index is 2.26. The molecule has 0 atom stereocenters. The van der Waals surface area contributed by atoms with E-state index < -0.39 is 20.5 Å². The van der Waals surface area contributed by atoms with E-state index in [1.54, 1.807) is 12.1 Å². The molecule has 0 aliphatic rings. The molecule has 2 rings (SSSR count). The molecule has 2 aromatic rings. The highest BCUT2D eigenvalue weighted by atomic mass is 32.3. The van der Waals surface area contributed by atoms with Gasteiger partial charge in [0.1, 0.15) is 5.75 Å². The van der Waals surface area contributed by atoms with Crippen LogP contribution in [0.5, 0.6) is 5.75 Å². The molecule has 0 aromatic heterocycles. The third-order valence-corrected chi connectivity index (χ3v) is 4.40. The molecule has 0 aliphatic carbocycles. The van der Waals surface area contributed by atoms with Crippen molar-refractivity contribution < 1.29 is 24.9 Å². The van der Waals surface area contributed by atoms with E-state index in [1.165, 1.54) is 30.3 Å². The molecule has 22 heavy (non-hydrogen) atoms. The van der Waals surface area contributed by atoms with Crippen molar-refractivity contribution >= 4 is 26.2 Å². The minimum Gasteiger partial charge on any atom is -0.358 e. The summed E-state index contributed by atoms with van der Waals surface area (Å²) in [4.78, 5) is 0.0440. The van der Waals surface area contributed by atoms with E-state index >= 15 is 0 Å². The molecule has 6 nitrogen and oxygen atoms in total. The second-order valence-electron chi connectivity index (χ2n) is 4.42. The van der Waals surface area contributed by atoms with Crippen LogP contribution in [-0.4, -0.2) is 16.8 Å². The Labute approximate surface area is 128 Å². The summed E-state index contributed by atoms with van der Waals surface area (Å²) in [6.07, 6.45) is 0. The summed E-state index contributed by atoms with van der Waals surface area (Å²) in [7, 11) is -9.01. The van der Waals surface area contributed by atoms with E-state index in [4.69, 9.17) is 0 Å². The molecule has 0 aliphatic heterocycles. The van der Waals surface area contributed by atoms with Gasteiger partial charge >= 0.3 is 10.5 Å². The Morgan fingerprint density at radius 1 is 1.00 bits per heavy atom. The highest BCUT2D eigenvalue weighted by Crippen LogP contribution is 2.22. The van der Waals surface area contributed by atoms with Crippen LogP contribution in [0.3, 0.4) is 0 Å². The largest absolute Gasteiger partial charge is 0.488 e. The van der Waals surface area contributed by atoms with Gasteiger partial charge in [-0.15, -0.1) is 0 Å². The molecule has 2 aromatic carbocycles. The fourth-order valence-corrected chi connectivity index (χ4v) is 3.04. The standard InChI is InChI=1S/C13H12FNO5S2/c1-10-5-7-13(8-6-10)21(16,17)15-11-3-2-4-12(9-11)20-22(14,18)19/h2-9,15H,1H3. The van der Waals surface area contributed by atoms with Crippen LogP contribution in [0.25, 0.3) is 0 Å². The van der Waals surface area contributed by atoms with Crippen molar-refractivity contribution in [3.8, 4) is 5.75 Å². The molecule has 0 heterocycles. The van der Waals surface area contributed by atoms with Gasteiger partial charge in [0.2, 0.25) is 0 Å². The zero-order valence-corrected chi connectivity index (χ0v) is 13.0. The fraction of sp³-hybridized carbons (Fsp3) is 0.0769. The molecule has 9 heteroatoms. The molecular weight excluding hydrogens is 333 g/mol. The van der Waals surface area contributed by atoms with Gasteiger partial charge in [-0.2, -0.15) is 8.42 Å². The number of benzene rings is 2. The van der Waals surface area contributed by atoms with Gasteiger partial charge < -0.3 is 4.18 Å². The Morgan fingerprint density at radius 3 is 2.23 bits per heavy atom. The first-order valence-electron chi connectivity index (χ1n) is 5.99. The summed E-state index contributed by atoms with van der Waals surface area (Å²) in [6.45, 7) is 1.82. The smallest absolute Gasteiger partial charge is 0.358 e. The highest BCUT2D eigenvalue weighted by molar-refractivity contribution is 7.92. The number of halogens is 1. The first kappa shape index (κ1) is 16.2. The molecule has 0 unspecified atom stereocenters. The maximum Gasteiger partial charge on any atom is 0.488 e. The molecule has 0 amide bonds. The third kappa shape index (κ3) is 4.43. The number of hydrogen-bond acceptors (Lipinski definition) is 5. The van der Waals surface area contributed by atoms with Crippen LogP contribution < -0.4 is 8.91 Å². The zero-order valence-electron chi connectivity index (χ0n) is 11.4. The lowest BCUT2D eigenvalue weighted by Crippen LogP contribution is -2.13. The van der Waals surface area contributed by atoms with Crippen molar-refractivity contribution in [3.63, 3.8) is 0 Å². The molecule has 1 N–H and O–H groups in total. The van der Waals surface area contributed by atoms with Gasteiger partial charge in [0.15, 0.2) is 0 Å². The summed E-state index contributed by atoms with van der Waals surface area (Å²) in [5, 5.41) is 0. The number of aryl methyl sites for hydroxylation is 1. The van der Waals surface area contributed by atoms with Crippen molar-refractivity contribution in [2.24, 2.45) is 0 Å². The molecule has 0 spiro atoms. The van der Waals surface area contributed by atoms with Crippen LogP contribution in [0.15, 0.2) is 53.4 Å². The second-order valence-corrected chi connectivity index (χ2v) is 7.06. The number of hydrogen-bond donors (Lipinski definition) is 1. The van der Waals surface area contributed by atoms with E-state index in [9.17, 15) is 20.7 Å². The average molecular weight is 345 g/mol. The van der Waals surface area contributed by atoms with Crippen molar-refractivity contribution in [1.29, 1.82) is 0 Å². The van der Waals surface area contributed by atoms with E-state index in [0.29, 0.717) is 0 Å². The fourth-order valence-electron chi connectivity index (χ4n) is 1.66. The van der Waals surface area contributed by atoms with E-state index in [2.05, 4.69) is 8.91 Å². The Bertz CT molecular complexity index is 877. The number of rotatable bonds is 5. The molecule has 0 bridgehead atoms. The Kier molecular flexibility index (Phi) is 4.38. The van der Waals surface area contributed by atoms with Gasteiger partial charge in [-0.05, 0) is 31.2 Å². The van der Waals surface area contributed by atoms with Crippen LogP contribution in [-0.2, 0) is 20.5 Å². The van der Waals surface area contributed by atoms with Crippen LogP contribution in [0, 0.1) is 6.92 Å². The molecule has 0 saturated carbocycles. The summed E-state index contributed by atoms with van der Waals surface area (Å²) < 4.78 is 63.9. The molecule has 118 valence electrons. The summed E-state index contributed by atoms with van der Waals surface area (Å²) >= 11 is 0. The number of anilines is 1. The Morgan fingerprint density at radius 2 is 1.64 bits per heavy atom. The maximum absolute atomic E-state index is 12.5. The van der Waals surface area contributed by atoms with Crippen LogP contribution in [0.1, 0.15) is 5.56 Å². The quantitative estimate of drug-likeness (QED) is 0.841. The SMILES string of the molecule is Cc1ccc(S(=O)(=O)Nc2cccc(OS(=O)(=O)F)c2)cc1. The lowest BCUT2D eigenvalue weighted by atomic mass is 10.2. The second kappa shape index (κ2) is 5.93. The molecule has 0 fully saturated rings. The van der Waals surface area contributed by atoms with Crippen LogP contribution in [0.4, 0.5) is 9.57 Å². The third-order valence-electron chi connectivity index (χ3n) is 2.61. The molecular formula is C13H12FNO5S2. The van der Waals surface area contributed by atoms with Crippen molar-refractivity contribution in [2.75, 3.05) is 4.72 Å². The van der Waals surface area contributed by atoms with E-state index in [1.807, 2.05) is 6.92 Å². The van der Waals surface area contributed by atoms with E-state index in [-0.39, 0.29) is 16.3 Å². The summed E-state index contributed by atoms with van der Waals surface area (Å²) in [5.74, 6) is -0.341. The van der Waals surface area contributed by atoms with Crippen molar-refractivity contribution in [1.82, 2.24) is 0 Å². The lowest BCUT2D eigenvalue weighted by Gasteiger charge is -2.09. The Hall–Kier alpha value is -2.13. The maximum atomic E-state index is 12.5. The topological polar surface area (TPSA) is 89.5 Å². The summed E-state index contributed by atoms with van der Waals surface area (Å²) in [5.41, 5.74) is 0.948. The van der Waals surface area contributed by atoms with E-state index in [0.717, 1.165) is 11.6 Å². The summed E-state index contributed by atoms with van der Waals surface area (Å²) in [6, 6.07) is 11.1. The van der Waals surface area contributed by atoms with Gasteiger partial charge in [0, 0.05) is 6.07 Å². The monoisotopic (exact) mass is 345 g/mol. The van der Waals surface area contributed by atoms with Crippen molar-refractivity contribution in [2.45, 2.75) is 11.8 Å². The van der Waals surface area contributed by atoms with Gasteiger partial charge in [0.25, 0.3) is 10.0 Å². The van der Waals surface area contributed by atoms with Crippen LogP contribution >= 0.6 is 0 Å². The zero-order chi connectivity index (χ0) is 16.4. The molecule has 0 radical (unpaired) electrons. The normalized spacial score (nSPS) is 11.9. The average Bonchev–Trinajstić information content (AvgIpc) is 2.37. The van der Waals surface area contributed by atoms with Gasteiger partial charge in [-0.3, -0.25) is 4.72 Å². The highest BCUT2D eigenvalue weighted by Gasteiger charge is 2.15. The van der Waals surface area contributed by atoms with Gasteiger partial charge in [-0.1, -0.05) is 27.6 Å². The first-order valence-corrected chi connectivity index (χ1v) is 8.78. The van der Waals surface area contributed by atoms with Gasteiger partial charge in [0.05, 0.1) is 10.6 Å². The van der Waals surface area contributed by atoms with Crippen LogP contribution in [0.2, 0.25) is 0 Å². The minimum absolute atomic E-state index is 0.0433. The number of nitrogens with one attached hydrogen (secondary N) is 1. The van der Waals surface area contributed by atoms with Crippen molar-refractivity contribution in [3.05, 3.63) is 54.1 Å². The lowest BCUT2D eigenvalue weighted by molar-refractivity contribution is 0.440. The minimum atomic E-state index is -5.17. The predicted octanol–water partition coefficient (Wildman–Crippen LogP) is 2.39. The van der Waals surface area contributed by atoms with Gasteiger partial charge in [-0.25, -0.2) is 8.42 Å². The first-order chi connectivity index (χ1) is 10.2. The number of sulfonamides is 1.